The van der Waals surface area contributed by atoms with Crippen LogP contribution >= 0.6 is 0 Å². The smallest absolute Gasteiger partial charge is 0.320 e. The maximum absolute atomic E-state index is 12.6. The number of benzene rings is 1. The molecule has 1 aromatic rings. The molecule has 1 aromatic carbocycles. The molecule has 26 heavy (non-hydrogen) atoms. The molecule has 1 aliphatic heterocycles. The van der Waals surface area contributed by atoms with Crippen molar-refractivity contribution >= 4 is 17.9 Å². The Morgan fingerprint density at radius 2 is 1.58 bits per heavy atom. The third kappa shape index (κ3) is 3.81. The molecule has 7 heteroatoms. The van der Waals surface area contributed by atoms with E-state index in [1.54, 1.807) is 21.7 Å². The Hall–Kier alpha value is -2.57. The fourth-order valence-electron chi connectivity index (χ4n) is 3.61. The first-order valence-electron chi connectivity index (χ1n) is 9.03. The number of rotatable bonds is 4. The van der Waals surface area contributed by atoms with Crippen LogP contribution in [0.15, 0.2) is 30.3 Å². The van der Waals surface area contributed by atoms with E-state index in [0.29, 0.717) is 45.6 Å². The SMILES string of the molecule is CN(Cc1ccccc1)C(=O)N1CCN(C(=O)C2CCC2C(=O)O)CC1. The number of carbonyl (C=O) groups is 3. The summed E-state index contributed by atoms with van der Waals surface area (Å²) in [5.74, 6) is -1.89. The average Bonchev–Trinajstić information content (AvgIpc) is 2.60. The fourth-order valence-corrected chi connectivity index (χ4v) is 3.61. The largest absolute Gasteiger partial charge is 0.481 e. The minimum Gasteiger partial charge on any atom is -0.481 e. The minimum atomic E-state index is -0.883. The number of urea groups is 1. The first-order valence-corrected chi connectivity index (χ1v) is 9.03. The molecule has 0 aromatic heterocycles. The molecule has 2 aliphatic rings. The van der Waals surface area contributed by atoms with E-state index in [4.69, 9.17) is 5.11 Å². The van der Waals surface area contributed by atoms with Gasteiger partial charge in [-0.3, -0.25) is 9.59 Å². The van der Waals surface area contributed by atoms with Crippen molar-refractivity contribution in [3.8, 4) is 0 Å². The van der Waals surface area contributed by atoms with Gasteiger partial charge in [0.25, 0.3) is 0 Å². The summed E-state index contributed by atoms with van der Waals surface area (Å²) in [6.07, 6.45) is 1.23. The highest BCUT2D eigenvalue weighted by atomic mass is 16.4. The highest BCUT2D eigenvalue weighted by Gasteiger charge is 2.43. The molecule has 2 fully saturated rings. The number of carboxylic acid groups (broad SMARTS) is 1. The molecule has 2 unspecified atom stereocenters. The average molecular weight is 359 g/mol. The molecule has 140 valence electrons. The number of nitrogens with zero attached hydrogens (tertiary/aromatic N) is 3. The van der Waals surface area contributed by atoms with Crippen LogP contribution < -0.4 is 0 Å². The van der Waals surface area contributed by atoms with Crippen molar-refractivity contribution in [2.24, 2.45) is 11.8 Å². The van der Waals surface area contributed by atoms with Gasteiger partial charge in [0.05, 0.1) is 11.8 Å². The van der Waals surface area contributed by atoms with Gasteiger partial charge in [-0.25, -0.2) is 4.79 Å². The van der Waals surface area contributed by atoms with Crippen molar-refractivity contribution in [3.05, 3.63) is 35.9 Å². The summed E-state index contributed by atoms with van der Waals surface area (Å²) >= 11 is 0. The van der Waals surface area contributed by atoms with Gasteiger partial charge in [0, 0.05) is 39.8 Å². The van der Waals surface area contributed by atoms with Crippen LogP contribution in [-0.4, -0.2) is 70.9 Å². The number of hydrogen-bond acceptors (Lipinski definition) is 3. The first-order chi connectivity index (χ1) is 12.5. The standard InChI is InChI=1S/C19H25N3O4/c1-20(13-14-5-3-2-4-6-14)19(26)22-11-9-21(10-12-22)17(23)15-7-8-16(15)18(24)25/h2-6,15-16H,7-13H2,1H3,(H,24,25). The summed E-state index contributed by atoms with van der Waals surface area (Å²) in [4.78, 5) is 41.3. The Kier molecular flexibility index (Phi) is 5.44. The normalized spacial score (nSPS) is 22.5. The van der Waals surface area contributed by atoms with E-state index >= 15 is 0 Å². The van der Waals surface area contributed by atoms with Crippen LogP contribution in [0.25, 0.3) is 0 Å². The van der Waals surface area contributed by atoms with Crippen LogP contribution in [0.1, 0.15) is 18.4 Å². The zero-order valence-electron chi connectivity index (χ0n) is 15.0. The van der Waals surface area contributed by atoms with Crippen molar-refractivity contribution in [1.29, 1.82) is 0 Å². The molecular weight excluding hydrogens is 334 g/mol. The molecule has 1 saturated carbocycles. The van der Waals surface area contributed by atoms with Gasteiger partial charge in [0.15, 0.2) is 0 Å². The van der Waals surface area contributed by atoms with Crippen molar-refractivity contribution in [2.45, 2.75) is 19.4 Å². The summed E-state index contributed by atoms with van der Waals surface area (Å²) in [6.45, 7) is 2.43. The summed E-state index contributed by atoms with van der Waals surface area (Å²) < 4.78 is 0. The van der Waals surface area contributed by atoms with Crippen molar-refractivity contribution in [3.63, 3.8) is 0 Å². The summed E-state index contributed by atoms with van der Waals surface area (Å²) in [5.41, 5.74) is 1.07. The molecule has 7 nitrogen and oxygen atoms in total. The third-order valence-corrected chi connectivity index (χ3v) is 5.36. The summed E-state index contributed by atoms with van der Waals surface area (Å²) in [6, 6.07) is 9.76. The number of hydrogen-bond donors (Lipinski definition) is 1. The molecule has 0 bridgehead atoms. The Morgan fingerprint density at radius 1 is 1.00 bits per heavy atom. The van der Waals surface area contributed by atoms with E-state index < -0.39 is 17.8 Å². The number of carboxylic acids is 1. The fraction of sp³-hybridized carbons (Fsp3) is 0.526. The Labute approximate surface area is 153 Å². The van der Waals surface area contributed by atoms with Crippen LogP contribution in [0.3, 0.4) is 0 Å². The van der Waals surface area contributed by atoms with E-state index in [9.17, 15) is 14.4 Å². The van der Waals surface area contributed by atoms with Crippen molar-refractivity contribution < 1.29 is 19.5 Å². The summed E-state index contributed by atoms with van der Waals surface area (Å²) in [7, 11) is 1.78. The van der Waals surface area contributed by atoms with Gasteiger partial charge < -0.3 is 19.8 Å². The Morgan fingerprint density at radius 3 is 2.12 bits per heavy atom. The zero-order chi connectivity index (χ0) is 18.7. The Balaban J connectivity index is 1.49. The maximum atomic E-state index is 12.6. The van der Waals surface area contributed by atoms with Crippen LogP contribution in [0.4, 0.5) is 4.79 Å². The van der Waals surface area contributed by atoms with Crippen LogP contribution in [0.2, 0.25) is 0 Å². The van der Waals surface area contributed by atoms with Gasteiger partial charge in [0.2, 0.25) is 5.91 Å². The topological polar surface area (TPSA) is 81.2 Å². The lowest BCUT2D eigenvalue weighted by atomic mass is 9.73. The molecule has 1 aliphatic carbocycles. The predicted molar refractivity (Wildman–Crippen MR) is 95.3 cm³/mol. The van der Waals surface area contributed by atoms with E-state index in [1.165, 1.54) is 0 Å². The van der Waals surface area contributed by atoms with Crippen molar-refractivity contribution in [1.82, 2.24) is 14.7 Å². The molecular formula is C19H25N3O4. The zero-order valence-corrected chi connectivity index (χ0v) is 15.0. The third-order valence-electron chi connectivity index (χ3n) is 5.36. The summed E-state index contributed by atoms with van der Waals surface area (Å²) in [5, 5.41) is 9.12. The first kappa shape index (κ1) is 18.2. The lowest BCUT2D eigenvalue weighted by Gasteiger charge is -2.41. The lowest BCUT2D eigenvalue weighted by molar-refractivity contribution is -0.157. The van der Waals surface area contributed by atoms with E-state index in [-0.39, 0.29) is 11.9 Å². The van der Waals surface area contributed by atoms with Gasteiger partial charge in [-0.05, 0) is 18.4 Å². The quantitative estimate of drug-likeness (QED) is 0.883. The van der Waals surface area contributed by atoms with E-state index in [2.05, 4.69) is 0 Å². The predicted octanol–water partition coefficient (Wildman–Crippen LogP) is 1.49. The number of piperazine rings is 1. The van der Waals surface area contributed by atoms with Crippen molar-refractivity contribution in [2.75, 3.05) is 33.2 Å². The highest BCUT2D eigenvalue weighted by Crippen LogP contribution is 2.36. The second-order valence-corrected chi connectivity index (χ2v) is 7.07. The molecule has 1 heterocycles. The molecule has 1 saturated heterocycles. The monoisotopic (exact) mass is 359 g/mol. The molecule has 1 N–H and O–H groups in total. The van der Waals surface area contributed by atoms with Crippen LogP contribution in [0, 0.1) is 11.8 Å². The number of amides is 3. The number of carbonyl (C=O) groups excluding carboxylic acids is 2. The van der Waals surface area contributed by atoms with Crippen LogP contribution in [0.5, 0.6) is 0 Å². The van der Waals surface area contributed by atoms with Gasteiger partial charge in [0.1, 0.15) is 0 Å². The molecule has 3 amide bonds. The van der Waals surface area contributed by atoms with E-state index in [1.807, 2.05) is 30.3 Å². The van der Waals surface area contributed by atoms with E-state index in [0.717, 1.165) is 5.56 Å². The van der Waals surface area contributed by atoms with Gasteiger partial charge in [-0.15, -0.1) is 0 Å². The minimum absolute atomic E-state index is 0.0481. The molecule has 0 spiro atoms. The lowest BCUT2D eigenvalue weighted by Crippen LogP contribution is -2.56. The molecule has 2 atom stereocenters. The molecule has 3 rings (SSSR count). The van der Waals surface area contributed by atoms with Crippen LogP contribution in [-0.2, 0) is 16.1 Å². The number of aliphatic carboxylic acids is 1. The van der Waals surface area contributed by atoms with Gasteiger partial charge in [-0.2, -0.15) is 0 Å². The highest BCUT2D eigenvalue weighted by molar-refractivity contribution is 5.86. The molecule has 0 radical (unpaired) electrons. The Bertz CT molecular complexity index is 671. The second-order valence-electron chi connectivity index (χ2n) is 7.07. The maximum Gasteiger partial charge on any atom is 0.320 e. The second kappa shape index (κ2) is 7.76. The van der Waals surface area contributed by atoms with Gasteiger partial charge >= 0.3 is 12.0 Å². The van der Waals surface area contributed by atoms with Gasteiger partial charge in [-0.1, -0.05) is 30.3 Å².